The number of benzene rings is 1. The van der Waals surface area contributed by atoms with E-state index in [-0.39, 0.29) is 0 Å². The summed E-state index contributed by atoms with van der Waals surface area (Å²) < 4.78 is 11.0. The van der Waals surface area contributed by atoms with E-state index in [4.69, 9.17) is 21.7 Å². The van der Waals surface area contributed by atoms with Crippen molar-refractivity contribution >= 4 is 34.4 Å². The highest BCUT2D eigenvalue weighted by Crippen LogP contribution is 2.31. The number of nitrogens with one attached hydrogen (secondary N) is 2. The number of nitrogens with zero attached hydrogens (tertiary/aromatic N) is 1. The van der Waals surface area contributed by atoms with Crippen LogP contribution in [0.1, 0.15) is 0 Å². The fraction of sp³-hybridized carbons (Fsp3) is 0.200. The Bertz CT molecular complexity index is 565. The predicted octanol–water partition coefficient (Wildman–Crippen LogP) is 2.96. The van der Waals surface area contributed by atoms with Crippen molar-refractivity contribution in [2.24, 2.45) is 0 Å². The molecule has 1 aromatic carbocycles. The molecule has 0 aliphatic rings. The molecule has 0 bridgehead atoms. The molecule has 1 heterocycles. The molecule has 1 aromatic heterocycles. The van der Waals surface area contributed by atoms with Gasteiger partial charge in [0.1, 0.15) is 11.5 Å². The van der Waals surface area contributed by atoms with Crippen LogP contribution in [0.4, 0.5) is 10.8 Å². The summed E-state index contributed by atoms with van der Waals surface area (Å²) in [5.41, 5.74) is 0.782. The third-order valence-corrected chi connectivity index (χ3v) is 3.09. The van der Waals surface area contributed by atoms with Gasteiger partial charge >= 0.3 is 0 Å². The molecule has 0 radical (unpaired) electrons. The summed E-state index contributed by atoms with van der Waals surface area (Å²) in [6, 6.07) is 5.49. The Morgan fingerprint density at radius 1 is 1.35 bits per heavy atom. The third-order valence-electron chi connectivity index (χ3n) is 2.09. The number of methoxy groups -OCH3 is 2. The van der Waals surface area contributed by atoms with E-state index >= 15 is 0 Å². The minimum absolute atomic E-state index is 0.620. The Balaban J connectivity index is 2.32. The van der Waals surface area contributed by atoms with Crippen molar-refractivity contribution < 1.29 is 9.47 Å². The molecular formula is C10H11N3O2S2. The van der Waals surface area contributed by atoms with Gasteiger partial charge in [0.25, 0.3) is 0 Å². The molecule has 0 amide bonds. The summed E-state index contributed by atoms with van der Waals surface area (Å²) in [7, 11) is 3.23. The Labute approximate surface area is 107 Å². The first kappa shape index (κ1) is 11.9. The van der Waals surface area contributed by atoms with E-state index < -0.39 is 0 Å². The molecule has 0 saturated carbocycles. The predicted molar refractivity (Wildman–Crippen MR) is 70.1 cm³/mol. The normalized spacial score (nSPS) is 10.0. The van der Waals surface area contributed by atoms with Crippen molar-refractivity contribution in [2.75, 3.05) is 19.5 Å². The number of aromatic nitrogens is 2. The summed E-state index contributed by atoms with van der Waals surface area (Å²) in [6.45, 7) is 0. The van der Waals surface area contributed by atoms with Crippen LogP contribution < -0.4 is 14.8 Å². The molecule has 2 rings (SSSR count). The van der Waals surface area contributed by atoms with Crippen LogP contribution >= 0.6 is 23.6 Å². The molecule has 0 unspecified atom stereocenters. The standard InChI is InChI=1S/C10H11N3O2S2/c1-14-6-3-4-8(15-2)7(5-6)11-9-12-13-10(16)17-9/h3-5H,1-2H3,(H,11,12)(H,13,16). The molecule has 7 heteroatoms. The summed E-state index contributed by atoms with van der Waals surface area (Å²) in [4.78, 5) is 0. The van der Waals surface area contributed by atoms with Crippen molar-refractivity contribution in [1.29, 1.82) is 0 Å². The van der Waals surface area contributed by atoms with Gasteiger partial charge in [0.2, 0.25) is 5.13 Å². The number of anilines is 2. The number of aromatic amines is 1. The zero-order valence-corrected chi connectivity index (χ0v) is 10.9. The lowest BCUT2D eigenvalue weighted by Gasteiger charge is -2.10. The maximum atomic E-state index is 5.25. The van der Waals surface area contributed by atoms with E-state index in [2.05, 4.69) is 15.5 Å². The second-order valence-electron chi connectivity index (χ2n) is 3.11. The second-order valence-corrected chi connectivity index (χ2v) is 4.78. The minimum Gasteiger partial charge on any atom is -0.497 e. The largest absolute Gasteiger partial charge is 0.497 e. The molecule has 0 atom stereocenters. The lowest BCUT2D eigenvalue weighted by molar-refractivity contribution is 0.405. The Hall–Kier alpha value is -1.60. The van der Waals surface area contributed by atoms with Gasteiger partial charge in [-0.15, -0.1) is 5.10 Å². The number of hydrogen-bond acceptors (Lipinski definition) is 6. The molecule has 2 N–H and O–H groups in total. The van der Waals surface area contributed by atoms with Gasteiger partial charge in [0, 0.05) is 6.07 Å². The monoisotopic (exact) mass is 269 g/mol. The average Bonchev–Trinajstić information content (AvgIpc) is 2.74. The van der Waals surface area contributed by atoms with Gasteiger partial charge in [-0.25, -0.2) is 0 Å². The quantitative estimate of drug-likeness (QED) is 0.836. The summed E-state index contributed by atoms with van der Waals surface area (Å²) >= 11 is 6.32. The lowest BCUT2D eigenvalue weighted by atomic mass is 10.3. The minimum atomic E-state index is 0.620. The van der Waals surface area contributed by atoms with Gasteiger partial charge in [-0.05, 0) is 24.4 Å². The third kappa shape index (κ3) is 2.75. The lowest BCUT2D eigenvalue weighted by Crippen LogP contribution is -1.95. The molecule has 0 saturated heterocycles. The van der Waals surface area contributed by atoms with Crippen LogP contribution in [0.3, 0.4) is 0 Å². The van der Waals surface area contributed by atoms with Gasteiger partial charge in [-0.3, -0.25) is 5.10 Å². The Morgan fingerprint density at radius 2 is 2.18 bits per heavy atom. The van der Waals surface area contributed by atoms with Crippen LogP contribution in [0.25, 0.3) is 0 Å². The molecule has 5 nitrogen and oxygen atoms in total. The fourth-order valence-electron chi connectivity index (χ4n) is 1.31. The van der Waals surface area contributed by atoms with Gasteiger partial charge < -0.3 is 14.8 Å². The van der Waals surface area contributed by atoms with Crippen molar-refractivity contribution in [3.8, 4) is 11.5 Å². The summed E-state index contributed by atoms with van der Waals surface area (Å²) in [5.74, 6) is 1.46. The average molecular weight is 269 g/mol. The van der Waals surface area contributed by atoms with E-state index in [0.717, 1.165) is 11.4 Å². The van der Waals surface area contributed by atoms with Crippen LogP contribution in [-0.2, 0) is 0 Å². The van der Waals surface area contributed by atoms with Crippen LogP contribution in [0.2, 0.25) is 0 Å². The van der Waals surface area contributed by atoms with E-state index in [0.29, 0.717) is 14.8 Å². The van der Waals surface area contributed by atoms with Gasteiger partial charge in [0.15, 0.2) is 3.95 Å². The summed E-state index contributed by atoms with van der Waals surface area (Å²) in [6.07, 6.45) is 0. The first-order valence-corrected chi connectivity index (χ1v) is 6.00. The molecule has 0 aliphatic heterocycles. The topological polar surface area (TPSA) is 59.2 Å². The Kier molecular flexibility index (Phi) is 3.60. The number of H-pyrrole nitrogens is 1. The maximum Gasteiger partial charge on any atom is 0.208 e. The van der Waals surface area contributed by atoms with Crippen molar-refractivity contribution in [3.63, 3.8) is 0 Å². The maximum absolute atomic E-state index is 5.25. The first-order chi connectivity index (χ1) is 8.22. The number of hydrogen-bond donors (Lipinski definition) is 2. The smallest absolute Gasteiger partial charge is 0.208 e. The molecule has 17 heavy (non-hydrogen) atoms. The number of ether oxygens (including phenoxy) is 2. The van der Waals surface area contributed by atoms with Gasteiger partial charge in [0.05, 0.1) is 19.9 Å². The van der Waals surface area contributed by atoms with Crippen molar-refractivity contribution in [2.45, 2.75) is 0 Å². The van der Waals surface area contributed by atoms with Crippen LogP contribution in [-0.4, -0.2) is 24.4 Å². The van der Waals surface area contributed by atoms with Crippen LogP contribution in [0.5, 0.6) is 11.5 Å². The molecule has 2 aromatic rings. The second kappa shape index (κ2) is 5.15. The number of rotatable bonds is 4. The molecular weight excluding hydrogens is 258 g/mol. The molecule has 0 spiro atoms. The Morgan fingerprint density at radius 3 is 2.76 bits per heavy atom. The molecule has 90 valence electrons. The van der Waals surface area contributed by atoms with Crippen molar-refractivity contribution in [1.82, 2.24) is 10.2 Å². The SMILES string of the molecule is COc1ccc(OC)c(Nc2n[nH]c(=S)s2)c1. The van der Waals surface area contributed by atoms with E-state index in [1.54, 1.807) is 14.2 Å². The zero-order valence-electron chi connectivity index (χ0n) is 9.31. The molecule has 0 aliphatic carbocycles. The van der Waals surface area contributed by atoms with Crippen LogP contribution in [0.15, 0.2) is 18.2 Å². The van der Waals surface area contributed by atoms with Crippen LogP contribution in [0, 0.1) is 3.95 Å². The summed E-state index contributed by atoms with van der Waals surface area (Å²) in [5, 5.41) is 10.5. The van der Waals surface area contributed by atoms with E-state index in [1.165, 1.54) is 11.3 Å². The highest BCUT2D eigenvalue weighted by Gasteiger charge is 2.07. The first-order valence-electron chi connectivity index (χ1n) is 4.77. The van der Waals surface area contributed by atoms with E-state index in [9.17, 15) is 0 Å². The highest BCUT2D eigenvalue weighted by molar-refractivity contribution is 7.73. The van der Waals surface area contributed by atoms with Crippen molar-refractivity contribution in [3.05, 3.63) is 22.2 Å². The highest BCUT2D eigenvalue weighted by atomic mass is 32.1. The van der Waals surface area contributed by atoms with Gasteiger partial charge in [-0.2, -0.15) is 0 Å². The van der Waals surface area contributed by atoms with Gasteiger partial charge in [-0.1, -0.05) is 11.3 Å². The van der Waals surface area contributed by atoms with E-state index in [1.807, 2.05) is 18.2 Å². The molecule has 0 fully saturated rings. The zero-order chi connectivity index (χ0) is 12.3. The fourth-order valence-corrected chi connectivity index (χ4v) is 2.11.